The first-order chi connectivity index (χ1) is 14.5. The van der Waals surface area contributed by atoms with E-state index in [1.807, 2.05) is 51.1 Å². The Bertz CT molecular complexity index is 917. The van der Waals surface area contributed by atoms with Crippen LogP contribution in [0, 0.1) is 0 Å². The second-order valence-corrected chi connectivity index (χ2v) is 11.0. The van der Waals surface area contributed by atoms with Crippen LogP contribution in [0.15, 0.2) is 46.9 Å². The molecule has 0 aliphatic rings. The number of rotatable bonds is 8. The summed E-state index contributed by atoms with van der Waals surface area (Å²) in [4.78, 5) is 27.5. The molecule has 0 aliphatic carbocycles. The minimum absolute atomic E-state index is 0.107. The predicted octanol–water partition coefficient (Wildman–Crippen LogP) is 6.32. The van der Waals surface area contributed by atoms with E-state index >= 15 is 0 Å². The molecular formula is C23H27BrCl2N2O2S. The third-order valence-corrected chi connectivity index (χ3v) is 6.67. The molecule has 2 amide bonds. The monoisotopic (exact) mass is 544 g/mol. The molecule has 168 valence electrons. The van der Waals surface area contributed by atoms with E-state index in [-0.39, 0.29) is 29.7 Å². The number of amides is 2. The van der Waals surface area contributed by atoms with Crippen molar-refractivity contribution in [1.29, 1.82) is 0 Å². The highest BCUT2D eigenvalue weighted by Gasteiger charge is 2.28. The summed E-state index contributed by atoms with van der Waals surface area (Å²) < 4.78 is 1.02. The topological polar surface area (TPSA) is 49.4 Å². The zero-order valence-corrected chi connectivity index (χ0v) is 22.0. The maximum Gasteiger partial charge on any atom is 0.242 e. The van der Waals surface area contributed by atoms with E-state index in [0.29, 0.717) is 15.8 Å². The number of hydrogen-bond donors (Lipinski definition) is 1. The maximum atomic E-state index is 13.1. The van der Waals surface area contributed by atoms with Gasteiger partial charge in [-0.15, -0.1) is 11.8 Å². The fourth-order valence-corrected chi connectivity index (χ4v) is 4.27. The average Bonchev–Trinajstić information content (AvgIpc) is 2.68. The van der Waals surface area contributed by atoms with Gasteiger partial charge in [0.1, 0.15) is 6.04 Å². The van der Waals surface area contributed by atoms with Gasteiger partial charge in [-0.25, -0.2) is 0 Å². The number of carbonyl (C=O) groups is 2. The lowest BCUT2D eigenvalue weighted by Gasteiger charge is -2.31. The molecule has 1 atom stereocenters. The van der Waals surface area contributed by atoms with Gasteiger partial charge in [-0.2, -0.15) is 0 Å². The minimum Gasteiger partial charge on any atom is -0.350 e. The third-order valence-electron chi connectivity index (χ3n) is 4.41. The maximum absolute atomic E-state index is 13.1. The lowest BCUT2D eigenvalue weighted by Crippen LogP contribution is -2.52. The van der Waals surface area contributed by atoms with Crippen LogP contribution in [0.2, 0.25) is 10.0 Å². The number of thioether (sulfide) groups is 1. The van der Waals surface area contributed by atoms with Crippen molar-refractivity contribution in [2.45, 2.75) is 51.6 Å². The number of halogens is 3. The number of carbonyl (C=O) groups excluding carboxylic acids is 2. The van der Waals surface area contributed by atoms with Crippen molar-refractivity contribution in [2.24, 2.45) is 0 Å². The van der Waals surface area contributed by atoms with Crippen LogP contribution in [0.1, 0.15) is 38.8 Å². The molecule has 0 saturated carbocycles. The van der Waals surface area contributed by atoms with E-state index in [9.17, 15) is 9.59 Å². The molecule has 8 heteroatoms. The number of nitrogens with one attached hydrogen (secondary N) is 1. The van der Waals surface area contributed by atoms with Gasteiger partial charge in [0.15, 0.2) is 0 Å². The predicted molar refractivity (Wildman–Crippen MR) is 135 cm³/mol. The van der Waals surface area contributed by atoms with Crippen molar-refractivity contribution in [3.05, 3.63) is 68.1 Å². The smallest absolute Gasteiger partial charge is 0.242 e. The van der Waals surface area contributed by atoms with Crippen LogP contribution < -0.4 is 5.32 Å². The molecule has 31 heavy (non-hydrogen) atoms. The van der Waals surface area contributed by atoms with E-state index in [1.165, 1.54) is 11.8 Å². The number of hydrogen-bond acceptors (Lipinski definition) is 3. The minimum atomic E-state index is -0.630. The van der Waals surface area contributed by atoms with Gasteiger partial charge in [0, 0.05) is 22.3 Å². The fraction of sp³-hybridized carbons (Fsp3) is 0.391. The SMILES string of the molecule is C[C@@H](C(=O)NC(C)(C)C)N(Cc1ccc(Cl)c(Cl)c1)C(=O)CSCc1ccc(Br)cc1. The number of benzene rings is 2. The van der Waals surface area contributed by atoms with Crippen LogP contribution in [0.5, 0.6) is 0 Å². The quantitative estimate of drug-likeness (QED) is 0.422. The van der Waals surface area contributed by atoms with Crippen molar-refractivity contribution in [1.82, 2.24) is 10.2 Å². The van der Waals surface area contributed by atoms with Gasteiger partial charge in [-0.1, -0.05) is 57.3 Å². The summed E-state index contributed by atoms with van der Waals surface area (Å²) in [5.41, 5.74) is 1.56. The molecule has 0 radical (unpaired) electrons. The Morgan fingerprint density at radius 2 is 1.68 bits per heavy atom. The molecule has 0 bridgehead atoms. The van der Waals surface area contributed by atoms with Gasteiger partial charge in [-0.05, 0) is 63.1 Å². The van der Waals surface area contributed by atoms with Crippen LogP contribution >= 0.6 is 50.9 Å². The van der Waals surface area contributed by atoms with Crippen LogP contribution in [0.3, 0.4) is 0 Å². The normalized spacial score (nSPS) is 12.4. The summed E-state index contributed by atoms with van der Waals surface area (Å²) in [6, 6.07) is 12.6. The molecule has 0 aromatic heterocycles. The van der Waals surface area contributed by atoms with Crippen LogP contribution in [0.4, 0.5) is 0 Å². The molecule has 2 rings (SSSR count). The van der Waals surface area contributed by atoms with Gasteiger partial charge >= 0.3 is 0 Å². The highest BCUT2D eigenvalue weighted by atomic mass is 79.9. The zero-order valence-electron chi connectivity index (χ0n) is 18.0. The standard InChI is InChI=1S/C23H27BrCl2N2O2S/c1-15(22(30)27-23(2,3)4)28(12-17-7-10-19(25)20(26)11-17)21(29)14-31-13-16-5-8-18(24)9-6-16/h5-11,15H,12-14H2,1-4H3,(H,27,30)/t15-/m0/s1. The van der Waals surface area contributed by atoms with E-state index in [1.54, 1.807) is 24.0 Å². The molecule has 2 aromatic rings. The molecular weight excluding hydrogens is 519 g/mol. The Balaban J connectivity index is 2.12. The molecule has 0 heterocycles. The Labute approximate surface area is 207 Å². The highest BCUT2D eigenvalue weighted by molar-refractivity contribution is 9.10. The Kier molecular flexibility index (Phi) is 9.74. The first-order valence-corrected chi connectivity index (χ1v) is 12.5. The second-order valence-electron chi connectivity index (χ2n) is 8.30. The number of nitrogens with zero attached hydrogens (tertiary/aromatic N) is 1. The van der Waals surface area contributed by atoms with Gasteiger partial charge in [0.2, 0.25) is 11.8 Å². The van der Waals surface area contributed by atoms with Crippen molar-refractivity contribution >= 4 is 62.7 Å². The summed E-state index contributed by atoms with van der Waals surface area (Å²) in [5, 5.41) is 3.83. The van der Waals surface area contributed by atoms with Gasteiger partial charge in [0.25, 0.3) is 0 Å². The highest BCUT2D eigenvalue weighted by Crippen LogP contribution is 2.24. The summed E-state index contributed by atoms with van der Waals surface area (Å²) in [5.74, 6) is 0.677. The molecule has 0 spiro atoms. The third kappa shape index (κ3) is 8.68. The van der Waals surface area contributed by atoms with E-state index in [0.717, 1.165) is 15.6 Å². The van der Waals surface area contributed by atoms with Crippen molar-refractivity contribution in [2.75, 3.05) is 5.75 Å². The van der Waals surface area contributed by atoms with Crippen molar-refractivity contribution < 1.29 is 9.59 Å². The summed E-state index contributed by atoms with van der Waals surface area (Å²) in [7, 11) is 0. The lowest BCUT2D eigenvalue weighted by atomic mass is 10.1. The molecule has 0 aliphatic heterocycles. The average molecular weight is 546 g/mol. The summed E-state index contributed by atoms with van der Waals surface area (Å²) >= 11 is 17.1. The van der Waals surface area contributed by atoms with Crippen LogP contribution in [-0.4, -0.2) is 34.0 Å². The van der Waals surface area contributed by atoms with Crippen LogP contribution in [-0.2, 0) is 21.9 Å². The van der Waals surface area contributed by atoms with Crippen molar-refractivity contribution in [3.63, 3.8) is 0 Å². The van der Waals surface area contributed by atoms with E-state index in [4.69, 9.17) is 23.2 Å². The van der Waals surface area contributed by atoms with E-state index < -0.39 is 6.04 Å². The molecule has 2 aromatic carbocycles. The van der Waals surface area contributed by atoms with Crippen molar-refractivity contribution in [3.8, 4) is 0 Å². The largest absolute Gasteiger partial charge is 0.350 e. The summed E-state index contributed by atoms with van der Waals surface area (Å²) in [6.07, 6.45) is 0. The molecule has 1 N–H and O–H groups in total. The molecule has 4 nitrogen and oxygen atoms in total. The zero-order chi connectivity index (χ0) is 23.2. The Morgan fingerprint density at radius 1 is 1.06 bits per heavy atom. The Morgan fingerprint density at radius 3 is 2.26 bits per heavy atom. The second kappa shape index (κ2) is 11.6. The summed E-state index contributed by atoms with van der Waals surface area (Å²) in [6.45, 7) is 7.76. The lowest BCUT2D eigenvalue weighted by molar-refractivity contribution is -0.139. The first kappa shape index (κ1) is 26.0. The molecule has 0 fully saturated rings. The van der Waals surface area contributed by atoms with Gasteiger partial charge in [-0.3, -0.25) is 9.59 Å². The Hall–Kier alpha value is -1.21. The van der Waals surface area contributed by atoms with E-state index in [2.05, 4.69) is 21.2 Å². The van der Waals surface area contributed by atoms with Gasteiger partial charge in [0.05, 0.1) is 15.8 Å². The fourth-order valence-electron chi connectivity index (χ4n) is 2.81. The molecule has 0 unspecified atom stereocenters. The van der Waals surface area contributed by atoms with Crippen LogP contribution in [0.25, 0.3) is 0 Å². The van der Waals surface area contributed by atoms with Gasteiger partial charge < -0.3 is 10.2 Å². The first-order valence-electron chi connectivity index (χ1n) is 9.84. The molecule has 0 saturated heterocycles.